The lowest BCUT2D eigenvalue weighted by Gasteiger charge is -2.34. The predicted octanol–water partition coefficient (Wildman–Crippen LogP) is 1.86. The SMILES string of the molecule is CC(C)(C)OC(=O)N1CCC(Nc2c(F)cccc2N=C(N)N=C(N)N)CC1. The number of hydrogen-bond donors (Lipinski definition) is 4. The van der Waals surface area contributed by atoms with Gasteiger partial charge in [-0.1, -0.05) is 6.07 Å². The third-order valence-electron chi connectivity index (χ3n) is 3.97. The molecule has 1 amide bonds. The summed E-state index contributed by atoms with van der Waals surface area (Å²) in [6, 6.07) is 4.42. The second-order valence-corrected chi connectivity index (χ2v) is 7.53. The first-order chi connectivity index (χ1) is 13.0. The highest BCUT2D eigenvalue weighted by Crippen LogP contribution is 2.30. The zero-order chi connectivity index (χ0) is 20.9. The van der Waals surface area contributed by atoms with Gasteiger partial charge in [0.05, 0.1) is 11.4 Å². The number of amides is 1. The molecule has 7 N–H and O–H groups in total. The van der Waals surface area contributed by atoms with Crippen LogP contribution in [0.3, 0.4) is 0 Å². The minimum atomic E-state index is -0.540. The van der Waals surface area contributed by atoms with Crippen molar-refractivity contribution in [3.05, 3.63) is 24.0 Å². The molecule has 0 aromatic heterocycles. The molecule has 0 radical (unpaired) electrons. The molecule has 1 heterocycles. The lowest BCUT2D eigenvalue weighted by atomic mass is 10.0. The fraction of sp³-hybridized carbons (Fsp3) is 0.500. The van der Waals surface area contributed by atoms with Crippen LogP contribution in [0.2, 0.25) is 0 Å². The summed E-state index contributed by atoms with van der Waals surface area (Å²) in [5.41, 5.74) is 16.2. The van der Waals surface area contributed by atoms with Crippen LogP contribution in [-0.4, -0.2) is 47.6 Å². The number of carbonyl (C=O) groups excluding carboxylic acids is 1. The lowest BCUT2D eigenvalue weighted by Crippen LogP contribution is -2.44. The van der Waals surface area contributed by atoms with E-state index in [1.54, 1.807) is 11.0 Å². The molecular weight excluding hydrogens is 365 g/mol. The maximum absolute atomic E-state index is 14.4. The van der Waals surface area contributed by atoms with E-state index in [9.17, 15) is 9.18 Å². The number of ether oxygens (including phenoxy) is 1. The Morgan fingerprint density at radius 3 is 2.46 bits per heavy atom. The summed E-state index contributed by atoms with van der Waals surface area (Å²) in [7, 11) is 0. The largest absolute Gasteiger partial charge is 0.444 e. The molecule has 1 aromatic carbocycles. The van der Waals surface area contributed by atoms with Gasteiger partial charge in [0.15, 0.2) is 5.96 Å². The number of guanidine groups is 2. The molecule has 0 spiro atoms. The van der Waals surface area contributed by atoms with Crippen LogP contribution in [0, 0.1) is 5.82 Å². The molecule has 28 heavy (non-hydrogen) atoms. The number of hydrogen-bond acceptors (Lipinski definition) is 4. The molecule has 0 saturated carbocycles. The number of piperidine rings is 1. The lowest BCUT2D eigenvalue weighted by molar-refractivity contribution is 0.0210. The van der Waals surface area contributed by atoms with Crippen molar-refractivity contribution in [1.82, 2.24) is 4.90 Å². The Morgan fingerprint density at radius 2 is 1.89 bits per heavy atom. The fourth-order valence-corrected chi connectivity index (χ4v) is 2.77. The van der Waals surface area contributed by atoms with Crippen molar-refractivity contribution in [2.45, 2.75) is 45.3 Å². The first kappa shape index (κ1) is 21.3. The van der Waals surface area contributed by atoms with Crippen LogP contribution in [0.15, 0.2) is 28.2 Å². The molecule has 9 nitrogen and oxygen atoms in total. The van der Waals surface area contributed by atoms with Crippen LogP contribution < -0.4 is 22.5 Å². The number of rotatable bonds is 3. The van der Waals surface area contributed by atoms with Crippen LogP contribution in [-0.2, 0) is 4.74 Å². The quantitative estimate of drug-likeness (QED) is 0.456. The van der Waals surface area contributed by atoms with Gasteiger partial charge in [-0.05, 0) is 45.7 Å². The van der Waals surface area contributed by atoms with Gasteiger partial charge >= 0.3 is 6.09 Å². The number of benzene rings is 1. The molecule has 1 saturated heterocycles. The van der Waals surface area contributed by atoms with Gasteiger partial charge in [-0.25, -0.2) is 14.2 Å². The van der Waals surface area contributed by atoms with Gasteiger partial charge in [-0.15, -0.1) is 0 Å². The Balaban J connectivity index is 2.06. The molecule has 1 aromatic rings. The van der Waals surface area contributed by atoms with E-state index in [2.05, 4.69) is 15.3 Å². The maximum atomic E-state index is 14.4. The summed E-state index contributed by atoms with van der Waals surface area (Å²) >= 11 is 0. The Kier molecular flexibility index (Phi) is 6.66. The molecule has 2 rings (SSSR count). The minimum absolute atomic E-state index is 0.0335. The van der Waals surface area contributed by atoms with Crippen LogP contribution in [0.25, 0.3) is 0 Å². The van der Waals surface area contributed by atoms with Crippen molar-refractivity contribution >= 4 is 29.4 Å². The van der Waals surface area contributed by atoms with Gasteiger partial charge < -0.3 is 32.2 Å². The summed E-state index contributed by atoms with van der Waals surface area (Å²) in [6.45, 7) is 6.50. The number of halogens is 1. The topological polar surface area (TPSA) is 144 Å². The number of anilines is 1. The normalized spacial score (nSPS) is 15.9. The fourth-order valence-electron chi connectivity index (χ4n) is 2.77. The number of para-hydroxylation sites is 1. The van der Waals surface area contributed by atoms with E-state index in [1.807, 2.05) is 20.8 Å². The number of likely N-dealkylation sites (tertiary alicyclic amines) is 1. The van der Waals surface area contributed by atoms with Gasteiger partial charge in [0.1, 0.15) is 11.4 Å². The molecule has 0 unspecified atom stereocenters. The summed E-state index contributed by atoms with van der Waals surface area (Å²) in [5, 5.41) is 3.16. The summed E-state index contributed by atoms with van der Waals surface area (Å²) in [6.07, 6.45) is 0.937. The number of nitrogens with two attached hydrogens (primary N) is 3. The highest BCUT2D eigenvalue weighted by atomic mass is 19.1. The van der Waals surface area contributed by atoms with Crippen molar-refractivity contribution in [2.24, 2.45) is 27.2 Å². The smallest absolute Gasteiger partial charge is 0.410 e. The maximum Gasteiger partial charge on any atom is 0.410 e. The van der Waals surface area contributed by atoms with Crippen molar-refractivity contribution in [2.75, 3.05) is 18.4 Å². The number of nitrogens with one attached hydrogen (secondary N) is 1. The number of nitrogens with zero attached hydrogens (tertiary/aromatic N) is 3. The van der Waals surface area contributed by atoms with Crippen molar-refractivity contribution in [3.63, 3.8) is 0 Å². The van der Waals surface area contributed by atoms with Crippen LogP contribution in [0.1, 0.15) is 33.6 Å². The first-order valence-electron chi connectivity index (χ1n) is 9.02. The van der Waals surface area contributed by atoms with Crippen molar-refractivity contribution < 1.29 is 13.9 Å². The van der Waals surface area contributed by atoms with Gasteiger partial charge in [0.25, 0.3) is 0 Å². The zero-order valence-electron chi connectivity index (χ0n) is 16.4. The van der Waals surface area contributed by atoms with E-state index in [4.69, 9.17) is 21.9 Å². The minimum Gasteiger partial charge on any atom is -0.444 e. The molecule has 0 aliphatic carbocycles. The molecule has 0 atom stereocenters. The van der Waals surface area contributed by atoms with E-state index in [0.29, 0.717) is 25.9 Å². The van der Waals surface area contributed by atoms with Crippen LogP contribution in [0.5, 0.6) is 0 Å². The molecule has 0 bridgehead atoms. The molecular formula is C18H28FN7O2. The van der Waals surface area contributed by atoms with Crippen molar-refractivity contribution in [1.29, 1.82) is 0 Å². The number of aliphatic imine (C=N–C) groups is 2. The third-order valence-corrected chi connectivity index (χ3v) is 3.97. The van der Waals surface area contributed by atoms with Gasteiger partial charge in [-0.2, -0.15) is 4.99 Å². The van der Waals surface area contributed by atoms with E-state index in [-0.39, 0.29) is 35.4 Å². The summed E-state index contributed by atoms with van der Waals surface area (Å²) in [5.74, 6) is -0.872. The monoisotopic (exact) mass is 393 g/mol. The Labute approximate surface area is 163 Å². The van der Waals surface area contributed by atoms with Gasteiger partial charge in [0.2, 0.25) is 5.96 Å². The second-order valence-electron chi connectivity index (χ2n) is 7.53. The zero-order valence-corrected chi connectivity index (χ0v) is 16.4. The summed E-state index contributed by atoms with van der Waals surface area (Å²) < 4.78 is 19.8. The van der Waals surface area contributed by atoms with E-state index >= 15 is 0 Å². The van der Waals surface area contributed by atoms with Crippen LogP contribution >= 0.6 is 0 Å². The molecule has 154 valence electrons. The second kappa shape index (κ2) is 8.77. The van der Waals surface area contributed by atoms with Crippen molar-refractivity contribution in [3.8, 4) is 0 Å². The predicted molar refractivity (Wildman–Crippen MR) is 108 cm³/mol. The molecule has 10 heteroatoms. The van der Waals surface area contributed by atoms with Gasteiger partial charge in [0, 0.05) is 19.1 Å². The molecule has 1 aliphatic heterocycles. The standard InChI is InChI=1S/C18H28FN7O2/c1-18(2,3)28-17(27)26-9-7-11(8-10-26)23-14-12(19)5-4-6-13(14)24-16(22)25-15(20)21/h4-6,11,23H,7-10H2,1-3H3,(H6,20,21,22,24,25). The number of carbonyl (C=O) groups is 1. The molecule has 1 fully saturated rings. The third kappa shape index (κ3) is 6.29. The van der Waals surface area contributed by atoms with E-state index in [1.165, 1.54) is 12.1 Å². The summed E-state index contributed by atoms with van der Waals surface area (Å²) in [4.78, 5) is 21.5. The van der Waals surface area contributed by atoms with Crippen LogP contribution in [0.4, 0.5) is 20.6 Å². The highest BCUT2D eigenvalue weighted by molar-refractivity contribution is 5.94. The highest BCUT2D eigenvalue weighted by Gasteiger charge is 2.27. The van der Waals surface area contributed by atoms with E-state index < -0.39 is 11.4 Å². The Morgan fingerprint density at radius 1 is 1.25 bits per heavy atom. The molecule has 1 aliphatic rings. The average Bonchev–Trinajstić information content (AvgIpc) is 2.56. The first-order valence-corrected chi connectivity index (χ1v) is 9.02. The van der Waals surface area contributed by atoms with E-state index in [0.717, 1.165) is 0 Å². The van der Waals surface area contributed by atoms with Gasteiger partial charge in [-0.3, -0.25) is 0 Å². The Bertz CT molecular complexity index is 762. The average molecular weight is 393 g/mol. The Hall–Kier alpha value is -3.04.